The van der Waals surface area contributed by atoms with Gasteiger partial charge in [-0.25, -0.2) is 14.4 Å². The summed E-state index contributed by atoms with van der Waals surface area (Å²) in [4.78, 5) is 51.4. The number of methoxy groups -OCH3 is 1. The summed E-state index contributed by atoms with van der Waals surface area (Å²) in [7, 11) is 1.16. The lowest BCUT2D eigenvalue weighted by molar-refractivity contribution is -0.192. The van der Waals surface area contributed by atoms with Crippen LogP contribution in [0.5, 0.6) is 0 Å². The van der Waals surface area contributed by atoms with Crippen molar-refractivity contribution in [2.75, 3.05) is 7.11 Å². The van der Waals surface area contributed by atoms with Crippen molar-refractivity contribution < 1.29 is 48.3 Å². The Morgan fingerprint density at radius 3 is 2.47 bits per heavy atom. The number of carbonyl (C=O) groups is 4. The Kier molecular flexibility index (Phi) is 9.62. The number of carbonyl (C=O) groups excluding carboxylic acids is 4. The molecular formula is C26H36O10. The van der Waals surface area contributed by atoms with Gasteiger partial charge in [0, 0.05) is 5.57 Å². The zero-order valence-electron chi connectivity index (χ0n) is 21.6. The van der Waals surface area contributed by atoms with Gasteiger partial charge < -0.3 is 29.2 Å². The van der Waals surface area contributed by atoms with Gasteiger partial charge in [-0.15, -0.1) is 0 Å². The lowest BCUT2D eigenvalue weighted by Crippen LogP contribution is -2.52. The van der Waals surface area contributed by atoms with Crippen LogP contribution in [0.1, 0.15) is 53.9 Å². The largest absolute Gasteiger partial charge is 0.466 e. The predicted molar refractivity (Wildman–Crippen MR) is 127 cm³/mol. The fraction of sp³-hybridized carbons (Fsp3) is 0.615. The molecule has 0 amide bonds. The average Bonchev–Trinajstić information content (AvgIpc) is 3.09. The van der Waals surface area contributed by atoms with E-state index in [0.717, 1.165) is 19.6 Å². The number of hydrogen-bond donors (Lipinski definition) is 2. The Labute approximate surface area is 210 Å². The van der Waals surface area contributed by atoms with Crippen molar-refractivity contribution in [1.82, 2.24) is 0 Å². The summed E-state index contributed by atoms with van der Waals surface area (Å²) in [5.74, 6) is -5.11. The normalized spacial score (nSPS) is 30.7. The van der Waals surface area contributed by atoms with Gasteiger partial charge in [-0.2, -0.15) is 0 Å². The lowest BCUT2D eigenvalue weighted by atomic mass is 9.83. The van der Waals surface area contributed by atoms with Crippen LogP contribution in [0.2, 0.25) is 0 Å². The molecule has 1 saturated heterocycles. The van der Waals surface area contributed by atoms with Crippen LogP contribution in [0.4, 0.5) is 0 Å². The van der Waals surface area contributed by atoms with Crippen molar-refractivity contribution in [3.63, 3.8) is 0 Å². The summed E-state index contributed by atoms with van der Waals surface area (Å²) in [5.41, 5.74) is -1.66. The number of hydrogen-bond acceptors (Lipinski definition) is 10. The van der Waals surface area contributed by atoms with Crippen molar-refractivity contribution in [2.45, 2.75) is 83.9 Å². The molecule has 1 heterocycles. The van der Waals surface area contributed by atoms with Crippen LogP contribution in [0.25, 0.3) is 0 Å². The molecule has 1 fully saturated rings. The maximum absolute atomic E-state index is 13.1. The number of esters is 4. The van der Waals surface area contributed by atoms with E-state index in [1.807, 2.05) is 6.92 Å². The topological polar surface area (TPSA) is 146 Å². The number of aliphatic hydroxyl groups is 2. The molecule has 2 N–H and O–H groups in total. The highest BCUT2D eigenvalue weighted by Crippen LogP contribution is 2.38. The molecule has 36 heavy (non-hydrogen) atoms. The van der Waals surface area contributed by atoms with Gasteiger partial charge in [-0.1, -0.05) is 32.1 Å². The van der Waals surface area contributed by atoms with E-state index in [9.17, 15) is 29.4 Å². The summed E-state index contributed by atoms with van der Waals surface area (Å²) >= 11 is 0. The monoisotopic (exact) mass is 508 g/mol. The van der Waals surface area contributed by atoms with E-state index in [1.54, 1.807) is 19.9 Å². The summed E-state index contributed by atoms with van der Waals surface area (Å²) in [6.07, 6.45) is -0.990. The van der Waals surface area contributed by atoms with Gasteiger partial charge in [0.1, 0.15) is 6.10 Å². The molecule has 200 valence electrons. The average molecular weight is 509 g/mol. The quantitative estimate of drug-likeness (QED) is 0.226. The van der Waals surface area contributed by atoms with Crippen molar-refractivity contribution in [3.05, 3.63) is 35.5 Å². The van der Waals surface area contributed by atoms with Crippen LogP contribution >= 0.6 is 0 Å². The van der Waals surface area contributed by atoms with Crippen LogP contribution in [0, 0.1) is 11.8 Å². The number of rotatable bonds is 7. The van der Waals surface area contributed by atoms with Gasteiger partial charge in [-0.05, 0) is 46.1 Å². The molecule has 0 spiro atoms. The highest BCUT2D eigenvalue weighted by Gasteiger charge is 2.52. The first-order valence-corrected chi connectivity index (χ1v) is 11.9. The number of fused-ring (bicyclic) bond motifs is 1. The summed E-state index contributed by atoms with van der Waals surface area (Å²) < 4.78 is 21.8. The fourth-order valence-corrected chi connectivity index (χ4v) is 3.83. The van der Waals surface area contributed by atoms with Crippen LogP contribution in [0.3, 0.4) is 0 Å². The third-order valence-corrected chi connectivity index (χ3v) is 6.72. The van der Waals surface area contributed by atoms with Crippen LogP contribution in [0.15, 0.2) is 35.5 Å². The maximum Gasteiger partial charge on any atom is 0.341 e. The first-order chi connectivity index (χ1) is 16.8. The molecule has 7 atom stereocenters. The van der Waals surface area contributed by atoms with Crippen LogP contribution in [-0.4, -0.2) is 71.2 Å². The summed E-state index contributed by atoms with van der Waals surface area (Å²) in [5, 5.41) is 20.5. The number of ether oxygens (including phenoxy) is 4. The van der Waals surface area contributed by atoms with E-state index in [0.29, 0.717) is 19.3 Å². The molecule has 2 rings (SSSR count). The van der Waals surface area contributed by atoms with E-state index in [-0.39, 0.29) is 11.1 Å². The van der Waals surface area contributed by atoms with Crippen LogP contribution in [-0.2, 0) is 38.1 Å². The van der Waals surface area contributed by atoms with Gasteiger partial charge in [0.2, 0.25) is 0 Å². The Morgan fingerprint density at radius 2 is 1.92 bits per heavy atom. The number of aliphatic hydroxyl groups excluding tert-OH is 1. The molecule has 0 aromatic carbocycles. The minimum atomic E-state index is -2.35. The van der Waals surface area contributed by atoms with Crippen molar-refractivity contribution in [3.8, 4) is 0 Å². The van der Waals surface area contributed by atoms with Gasteiger partial charge in [0.25, 0.3) is 0 Å². The molecule has 0 saturated carbocycles. The Bertz CT molecular complexity index is 958. The zero-order valence-corrected chi connectivity index (χ0v) is 21.6. The first kappa shape index (κ1) is 29.3. The molecule has 0 aromatic rings. The minimum absolute atomic E-state index is 0.0621. The molecule has 2 aliphatic rings. The summed E-state index contributed by atoms with van der Waals surface area (Å²) in [6.45, 7) is 11.3. The van der Waals surface area contributed by atoms with E-state index < -0.39 is 65.7 Å². The van der Waals surface area contributed by atoms with Crippen LogP contribution < -0.4 is 0 Å². The second-order valence-corrected chi connectivity index (χ2v) is 9.48. The standard InChI is InChI=1S/C26H36O10/c1-8-14(3)22(28)35-20-17(24(30)33-7)11-9-10-13(2)12-18-19(15(4)23(29)34-18)21(20)36-25(31)26(6,32)16(5)27/h11-12,14,16,18-21,27,32H,4,8-10H2,1-3,5-7H3/b13-12+,17-11+/t14-,16+,18-,19+,20+,21+,26+/m1/s1. The number of allylic oxidation sites excluding steroid dienone is 2. The van der Waals surface area contributed by atoms with Crippen molar-refractivity contribution in [1.29, 1.82) is 0 Å². The van der Waals surface area contributed by atoms with E-state index >= 15 is 0 Å². The van der Waals surface area contributed by atoms with E-state index in [4.69, 9.17) is 18.9 Å². The smallest absolute Gasteiger partial charge is 0.341 e. The minimum Gasteiger partial charge on any atom is -0.466 e. The maximum atomic E-state index is 13.1. The molecule has 0 bridgehead atoms. The third-order valence-electron chi connectivity index (χ3n) is 6.72. The summed E-state index contributed by atoms with van der Waals surface area (Å²) in [6, 6.07) is 0. The molecule has 0 unspecified atom stereocenters. The zero-order chi connectivity index (χ0) is 27.4. The molecule has 0 aromatic heterocycles. The van der Waals surface area contributed by atoms with E-state index in [2.05, 4.69) is 6.58 Å². The second kappa shape index (κ2) is 11.8. The van der Waals surface area contributed by atoms with Gasteiger partial charge >= 0.3 is 23.9 Å². The van der Waals surface area contributed by atoms with Crippen molar-refractivity contribution >= 4 is 23.9 Å². The third kappa shape index (κ3) is 6.22. The van der Waals surface area contributed by atoms with Gasteiger partial charge in [0.15, 0.2) is 17.8 Å². The van der Waals surface area contributed by atoms with E-state index in [1.165, 1.54) is 13.0 Å². The Morgan fingerprint density at radius 1 is 1.28 bits per heavy atom. The molecular weight excluding hydrogens is 472 g/mol. The molecule has 0 radical (unpaired) electrons. The second-order valence-electron chi connectivity index (χ2n) is 9.48. The highest BCUT2D eigenvalue weighted by molar-refractivity contribution is 5.93. The van der Waals surface area contributed by atoms with Gasteiger partial charge in [-0.3, -0.25) is 4.79 Å². The lowest BCUT2D eigenvalue weighted by Gasteiger charge is -2.36. The Balaban J connectivity index is 2.75. The predicted octanol–water partition coefficient (Wildman–Crippen LogP) is 1.93. The molecule has 1 aliphatic carbocycles. The fourth-order valence-electron chi connectivity index (χ4n) is 3.83. The molecule has 1 aliphatic heterocycles. The highest BCUT2D eigenvalue weighted by atomic mass is 16.6. The molecule has 10 nitrogen and oxygen atoms in total. The first-order valence-electron chi connectivity index (χ1n) is 11.9. The Hall–Kier alpha value is -2.98. The van der Waals surface area contributed by atoms with Gasteiger partial charge in [0.05, 0.1) is 30.6 Å². The van der Waals surface area contributed by atoms with Crippen molar-refractivity contribution in [2.24, 2.45) is 11.8 Å². The molecule has 10 heteroatoms. The SMILES string of the molecule is C=C1C(=O)O[C@@H]2/C=C(\C)CC/C=C(/C(=O)OC)[C@H](OC(=O)[C@H](C)CC)[C@@H](OC(=O)[C@@](C)(O)[C@H](C)O)[C@@H]12.